The van der Waals surface area contributed by atoms with E-state index in [0.29, 0.717) is 0 Å². The van der Waals surface area contributed by atoms with E-state index in [0.717, 1.165) is 6.54 Å². The molecule has 4 heteroatoms. The summed E-state index contributed by atoms with van der Waals surface area (Å²) in [6.45, 7) is 10.1. The Morgan fingerprint density at radius 1 is 1.50 bits per heavy atom. The Bertz CT molecular complexity index is 348. The summed E-state index contributed by atoms with van der Waals surface area (Å²) < 4.78 is 4.32. The Hall–Kier alpha value is -1.32. The van der Waals surface area contributed by atoms with E-state index in [4.69, 9.17) is 0 Å². The maximum atomic E-state index is 9.91. The van der Waals surface area contributed by atoms with E-state index in [1.165, 1.54) is 5.82 Å². The Morgan fingerprint density at radius 3 is 2.06 bits per heavy atom. The van der Waals surface area contributed by atoms with E-state index in [-0.39, 0.29) is 0 Å². The van der Waals surface area contributed by atoms with Crippen molar-refractivity contribution in [3.05, 3.63) is 18.2 Å². The fourth-order valence-corrected chi connectivity index (χ4v) is 0.933. The molecule has 92 valence electrons. The fourth-order valence-electron chi connectivity index (χ4n) is 0.933. The van der Waals surface area contributed by atoms with Gasteiger partial charge >= 0.3 is 0 Å². The Morgan fingerprint density at radius 2 is 1.94 bits per heavy atom. The van der Waals surface area contributed by atoms with Crippen LogP contribution < -0.4 is 9.67 Å². The quantitative estimate of drug-likeness (QED) is 0.652. The van der Waals surface area contributed by atoms with Crippen LogP contribution in [0.25, 0.3) is 0 Å². The van der Waals surface area contributed by atoms with Crippen LogP contribution in [-0.2, 0) is 18.4 Å². The van der Waals surface area contributed by atoms with Gasteiger partial charge in [-0.15, -0.1) is 0 Å². The number of hydrogen-bond donors (Lipinski definition) is 0. The minimum absolute atomic E-state index is 0.694. The summed E-state index contributed by atoms with van der Waals surface area (Å²) in [6.07, 6.45) is 4.16. The molecule has 0 aromatic carbocycles. The number of aromatic nitrogens is 2. The third kappa shape index (κ3) is 4.47. The van der Waals surface area contributed by atoms with Crippen LogP contribution in [0.4, 0.5) is 0 Å². The molecule has 0 bridgehead atoms. The number of hydrogen-bond acceptors (Lipinski definition) is 2. The average Bonchev–Trinajstić information content (AvgIpc) is 2.47. The molecule has 0 unspecified atom stereocenters. The molecule has 0 spiro atoms. The van der Waals surface area contributed by atoms with E-state index >= 15 is 0 Å². The molecule has 0 N–H and O–H groups in total. The fraction of sp³-hybridized carbons (Fsp3) is 0.667. The number of rotatable bonds is 1. The summed E-state index contributed by atoms with van der Waals surface area (Å²) in [5.74, 6) is 0.296. The predicted molar refractivity (Wildman–Crippen MR) is 60.5 cm³/mol. The summed E-state index contributed by atoms with van der Waals surface area (Å²) in [5, 5.41) is 9.91. The number of aliphatic carboxylic acids is 1. The molecule has 0 aliphatic carbocycles. The third-order valence-electron chi connectivity index (χ3n) is 2.35. The summed E-state index contributed by atoms with van der Waals surface area (Å²) in [4.78, 5) is 9.91. The minimum atomic E-state index is -1.01. The van der Waals surface area contributed by atoms with E-state index in [2.05, 4.69) is 42.4 Å². The highest BCUT2D eigenvalue weighted by molar-refractivity contribution is 5.70. The van der Waals surface area contributed by atoms with Crippen molar-refractivity contribution >= 4 is 5.97 Å². The lowest BCUT2D eigenvalue weighted by Crippen LogP contribution is -2.35. The first-order valence-corrected chi connectivity index (χ1v) is 5.43. The highest BCUT2D eigenvalue weighted by Gasteiger charge is 2.09. The maximum absolute atomic E-state index is 9.91. The van der Waals surface area contributed by atoms with Gasteiger partial charge in [0, 0.05) is 18.3 Å². The Balaban J connectivity index is 0.000000293. The molecule has 0 aliphatic heterocycles. The lowest BCUT2D eigenvalue weighted by Gasteiger charge is -2.18. The van der Waals surface area contributed by atoms with Gasteiger partial charge in [-0.3, -0.25) is 0 Å². The van der Waals surface area contributed by atoms with E-state index in [1.807, 2.05) is 0 Å². The number of carbonyl (C=O) groups is 1. The molecule has 16 heavy (non-hydrogen) atoms. The summed E-state index contributed by atoms with van der Waals surface area (Å²) in [7, 11) is 2.06. The van der Waals surface area contributed by atoms with Crippen LogP contribution in [0, 0.1) is 12.3 Å². The summed E-state index contributed by atoms with van der Waals surface area (Å²) in [5.41, 5.74) is -0.694. The molecule has 0 fully saturated rings. The SMILES string of the molecule is CC(C)(C)C(=O)[O-].CCn1cc[n+](C)c1C. The van der Waals surface area contributed by atoms with Crippen LogP contribution >= 0.6 is 0 Å². The lowest BCUT2D eigenvalue weighted by molar-refractivity contribution is -0.677. The minimum Gasteiger partial charge on any atom is -0.550 e. The first-order chi connectivity index (χ1) is 7.20. The van der Waals surface area contributed by atoms with Crippen molar-refractivity contribution in [1.82, 2.24) is 4.57 Å². The van der Waals surface area contributed by atoms with Gasteiger partial charge in [-0.1, -0.05) is 20.8 Å². The second-order valence-electron chi connectivity index (χ2n) is 4.78. The Labute approximate surface area is 97.5 Å². The molecular formula is C12H22N2O2. The van der Waals surface area contributed by atoms with Gasteiger partial charge in [-0.25, -0.2) is 9.13 Å². The summed E-state index contributed by atoms with van der Waals surface area (Å²) in [6, 6.07) is 0. The van der Waals surface area contributed by atoms with Gasteiger partial charge in [0.25, 0.3) is 5.82 Å². The number of carbonyl (C=O) groups excluding carboxylic acids is 1. The molecule has 0 atom stereocenters. The number of aryl methyl sites for hydroxylation is 2. The highest BCUT2D eigenvalue weighted by Crippen LogP contribution is 2.09. The zero-order chi connectivity index (χ0) is 12.9. The topological polar surface area (TPSA) is 48.9 Å². The van der Waals surface area contributed by atoms with Gasteiger partial charge < -0.3 is 9.90 Å². The lowest BCUT2D eigenvalue weighted by atomic mass is 9.98. The predicted octanol–water partition coefficient (Wildman–Crippen LogP) is 0.423. The van der Waals surface area contributed by atoms with Gasteiger partial charge in [-0.2, -0.15) is 0 Å². The van der Waals surface area contributed by atoms with Crippen LogP contribution in [0.5, 0.6) is 0 Å². The number of carboxylic acids is 1. The molecular weight excluding hydrogens is 204 g/mol. The smallest absolute Gasteiger partial charge is 0.252 e. The zero-order valence-electron chi connectivity index (χ0n) is 11.1. The second kappa shape index (κ2) is 5.68. The van der Waals surface area contributed by atoms with Crippen LogP contribution in [0.1, 0.15) is 33.5 Å². The molecule has 0 saturated heterocycles. The Kier molecular flexibility index (Phi) is 5.21. The monoisotopic (exact) mass is 226 g/mol. The normalized spacial score (nSPS) is 10.6. The standard InChI is InChI=1S/C7H13N2.C5H10O2/c1-4-9-6-5-8(3)7(9)2;1-5(2,3)4(6)7/h5-6H,4H2,1-3H3;1-3H3,(H,6,7)/q+1;/p-1. The van der Waals surface area contributed by atoms with Crippen molar-refractivity contribution in [2.24, 2.45) is 12.5 Å². The molecule has 1 rings (SSSR count). The van der Waals surface area contributed by atoms with Crippen molar-refractivity contribution in [3.63, 3.8) is 0 Å². The van der Waals surface area contributed by atoms with Crippen molar-refractivity contribution in [2.45, 2.75) is 41.2 Å². The van der Waals surface area contributed by atoms with Crippen molar-refractivity contribution in [2.75, 3.05) is 0 Å². The number of carboxylic acid groups (broad SMARTS) is 1. The molecule has 0 amide bonds. The summed E-state index contributed by atoms with van der Waals surface area (Å²) >= 11 is 0. The molecule has 1 heterocycles. The van der Waals surface area contributed by atoms with Crippen molar-refractivity contribution < 1.29 is 14.5 Å². The van der Waals surface area contributed by atoms with Gasteiger partial charge in [0.1, 0.15) is 12.4 Å². The van der Waals surface area contributed by atoms with E-state index in [9.17, 15) is 9.90 Å². The molecule has 1 aromatic rings. The third-order valence-corrected chi connectivity index (χ3v) is 2.35. The zero-order valence-corrected chi connectivity index (χ0v) is 11.1. The van der Waals surface area contributed by atoms with E-state index < -0.39 is 11.4 Å². The van der Waals surface area contributed by atoms with Crippen molar-refractivity contribution in [1.29, 1.82) is 0 Å². The van der Waals surface area contributed by atoms with Crippen LogP contribution in [0.15, 0.2) is 12.4 Å². The van der Waals surface area contributed by atoms with E-state index in [1.54, 1.807) is 20.8 Å². The van der Waals surface area contributed by atoms with Gasteiger partial charge in [-0.05, 0) is 6.92 Å². The highest BCUT2D eigenvalue weighted by atomic mass is 16.4. The number of imidazole rings is 1. The van der Waals surface area contributed by atoms with Crippen LogP contribution in [-0.4, -0.2) is 10.5 Å². The molecule has 0 saturated carbocycles. The first kappa shape index (κ1) is 14.7. The van der Waals surface area contributed by atoms with Gasteiger partial charge in [0.05, 0.1) is 13.6 Å². The first-order valence-electron chi connectivity index (χ1n) is 5.43. The van der Waals surface area contributed by atoms with Gasteiger partial charge in [0.15, 0.2) is 0 Å². The molecule has 1 aromatic heterocycles. The number of nitrogens with zero attached hydrogens (tertiary/aromatic N) is 2. The van der Waals surface area contributed by atoms with Crippen LogP contribution in [0.2, 0.25) is 0 Å². The van der Waals surface area contributed by atoms with Crippen LogP contribution in [0.3, 0.4) is 0 Å². The molecule has 0 aliphatic rings. The van der Waals surface area contributed by atoms with Gasteiger partial charge in [0.2, 0.25) is 0 Å². The maximum Gasteiger partial charge on any atom is 0.252 e. The molecule has 0 radical (unpaired) electrons. The largest absolute Gasteiger partial charge is 0.550 e. The van der Waals surface area contributed by atoms with Crippen molar-refractivity contribution in [3.8, 4) is 0 Å². The second-order valence-corrected chi connectivity index (χ2v) is 4.78. The molecule has 4 nitrogen and oxygen atoms in total. The average molecular weight is 226 g/mol.